The minimum Gasteiger partial charge on any atom is -0.507 e. The fourth-order valence-electron chi connectivity index (χ4n) is 0.649. The van der Waals surface area contributed by atoms with Crippen molar-refractivity contribution in [3.8, 4) is 5.75 Å². The molecule has 0 unspecified atom stereocenters. The molecule has 1 nitrogen and oxygen atoms in total. The van der Waals surface area contributed by atoms with Crippen molar-refractivity contribution in [2.45, 2.75) is 5.75 Å². The number of phenolic OH excluding ortho intramolecular Hbond substituents is 1. The molecule has 0 aliphatic rings. The van der Waals surface area contributed by atoms with E-state index in [9.17, 15) is 0 Å². The summed E-state index contributed by atoms with van der Waals surface area (Å²) in [7, 11) is 0. The minimum absolute atomic E-state index is 0.269. The van der Waals surface area contributed by atoms with Gasteiger partial charge in [-0.05, 0) is 33.6 Å². The summed E-state index contributed by atoms with van der Waals surface area (Å²) in [5, 5.41) is 9.07. The second-order valence-corrected chi connectivity index (χ2v) is 3.11. The number of phenols is 1. The largest absolute Gasteiger partial charge is 0.507 e. The van der Waals surface area contributed by atoms with Gasteiger partial charge in [-0.1, -0.05) is 6.07 Å². The number of benzene rings is 1. The van der Waals surface area contributed by atoms with Gasteiger partial charge >= 0.3 is 0 Å². The number of hydrogen-bond acceptors (Lipinski definition) is 2. The van der Waals surface area contributed by atoms with Crippen molar-refractivity contribution in [1.82, 2.24) is 0 Å². The van der Waals surface area contributed by atoms with Gasteiger partial charge in [0.2, 0.25) is 0 Å². The highest BCUT2D eigenvalue weighted by Gasteiger charge is 1.96. The van der Waals surface area contributed by atoms with Crippen LogP contribution in [-0.4, -0.2) is 5.11 Å². The topological polar surface area (TPSA) is 20.2 Å². The summed E-state index contributed by atoms with van der Waals surface area (Å²) >= 11 is 7.29. The number of rotatable bonds is 1. The first-order valence-electron chi connectivity index (χ1n) is 2.82. The number of aromatic hydroxyl groups is 1. The molecule has 0 heterocycles. The van der Waals surface area contributed by atoms with Gasteiger partial charge < -0.3 is 5.11 Å². The lowest BCUT2D eigenvalue weighted by molar-refractivity contribution is 0.472. The van der Waals surface area contributed by atoms with E-state index in [2.05, 4.69) is 28.6 Å². The van der Waals surface area contributed by atoms with Gasteiger partial charge in [-0.15, -0.1) is 0 Å². The molecule has 0 radical (unpaired) electrons. The first kappa shape index (κ1) is 7.95. The van der Waals surface area contributed by atoms with Crippen molar-refractivity contribution < 1.29 is 5.11 Å². The maximum Gasteiger partial charge on any atom is 0.129 e. The van der Waals surface area contributed by atoms with Crippen LogP contribution in [0, 0.1) is 0 Å². The smallest absolute Gasteiger partial charge is 0.129 e. The van der Waals surface area contributed by atoms with Crippen molar-refractivity contribution in [2.75, 3.05) is 0 Å². The molecule has 1 aromatic rings. The van der Waals surface area contributed by atoms with Crippen molar-refractivity contribution in [2.24, 2.45) is 0 Å². The average molecular weight is 219 g/mol. The van der Waals surface area contributed by atoms with Crippen LogP contribution in [0.5, 0.6) is 5.75 Å². The SMILES string of the molecule is Oc1ccc(CS)cc1Br. The lowest BCUT2D eigenvalue weighted by Crippen LogP contribution is -1.76. The molecule has 1 N–H and O–H groups in total. The van der Waals surface area contributed by atoms with E-state index in [4.69, 9.17) is 5.11 Å². The Morgan fingerprint density at radius 3 is 2.70 bits per heavy atom. The van der Waals surface area contributed by atoms with Gasteiger partial charge in [0.05, 0.1) is 4.47 Å². The summed E-state index contributed by atoms with van der Waals surface area (Å²) < 4.78 is 0.721. The Labute approximate surface area is 73.6 Å². The van der Waals surface area contributed by atoms with Crippen LogP contribution in [0.25, 0.3) is 0 Å². The predicted molar refractivity (Wildman–Crippen MR) is 48.5 cm³/mol. The molecule has 0 aromatic heterocycles. The van der Waals surface area contributed by atoms with E-state index in [1.54, 1.807) is 6.07 Å². The molecule has 54 valence electrons. The highest BCUT2D eigenvalue weighted by molar-refractivity contribution is 9.10. The highest BCUT2D eigenvalue weighted by atomic mass is 79.9. The molecule has 0 saturated heterocycles. The Balaban J connectivity index is 3.04. The second-order valence-electron chi connectivity index (χ2n) is 1.94. The molecule has 0 aliphatic carbocycles. The summed E-state index contributed by atoms with van der Waals surface area (Å²) in [6.45, 7) is 0. The monoisotopic (exact) mass is 218 g/mol. The van der Waals surface area contributed by atoms with E-state index in [0.29, 0.717) is 5.75 Å². The van der Waals surface area contributed by atoms with Crippen molar-refractivity contribution in [3.05, 3.63) is 28.2 Å². The van der Waals surface area contributed by atoms with Gasteiger partial charge in [0, 0.05) is 5.75 Å². The lowest BCUT2D eigenvalue weighted by atomic mass is 10.2. The summed E-state index contributed by atoms with van der Waals surface area (Å²) in [6.07, 6.45) is 0. The molecule has 0 bridgehead atoms. The highest BCUT2D eigenvalue weighted by Crippen LogP contribution is 2.24. The van der Waals surface area contributed by atoms with Crippen LogP contribution < -0.4 is 0 Å². The van der Waals surface area contributed by atoms with Gasteiger partial charge in [0.1, 0.15) is 5.75 Å². The number of hydrogen-bond donors (Lipinski definition) is 2. The van der Waals surface area contributed by atoms with E-state index in [0.717, 1.165) is 10.0 Å². The summed E-state index contributed by atoms with van der Waals surface area (Å²) in [5.41, 5.74) is 1.09. The zero-order chi connectivity index (χ0) is 7.56. The normalized spacial score (nSPS) is 9.80. The molecule has 10 heavy (non-hydrogen) atoms. The zero-order valence-corrected chi connectivity index (χ0v) is 7.69. The Morgan fingerprint density at radius 2 is 2.20 bits per heavy atom. The zero-order valence-electron chi connectivity index (χ0n) is 5.21. The molecule has 0 fully saturated rings. The van der Waals surface area contributed by atoms with Crippen LogP contribution in [0.1, 0.15) is 5.56 Å². The minimum atomic E-state index is 0.269. The van der Waals surface area contributed by atoms with Crippen LogP contribution in [-0.2, 0) is 5.75 Å². The van der Waals surface area contributed by atoms with Gasteiger partial charge in [-0.3, -0.25) is 0 Å². The van der Waals surface area contributed by atoms with Crippen LogP contribution in [0.15, 0.2) is 22.7 Å². The fourth-order valence-corrected chi connectivity index (χ4v) is 1.27. The maximum atomic E-state index is 9.07. The van der Waals surface area contributed by atoms with E-state index < -0.39 is 0 Å². The van der Waals surface area contributed by atoms with Gasteiger partial charge in [-0.25, -0.2) is 0 Å². The third kappa shape index (κ3) is 1.67. The molecule has 0 spiro atoms. The third-order valence-electron chi connectivity index (χ3n) is 1.19. The second kappa shape index (κ2) is 3.30. The molecular formula is C7H7BrOS. The Hall–Kier alpha value is -0.150. The molecule has 0 amide bonds. The van der Waals surface area contributed by atoms with E-state index in [-0.39, 0.29) is 5.75 Å². The van der Waals surface area contributed by atoms with E-state index >= 15 is 0 Å². The van der Waals surface area contributed by atoms with Gasteiger partial charge in [-0.2, -0.15) is 12.6 Å². The number of thiol groups is 1. The quantitative estimate of drug-likeness (QED) is 0.695. The van der Waals surface area contributed by atoms with E-state index in [1.165, 1.54) is 0 Å². The van der Waals surface area contributed by atoms with Crippen LogP contribution in [0.4, 0.5) is 0 Å². The van der Waals surface area contributed by atoms with Gasteiger partial charge in [0.25, 0.3) is 0 Å². The lowest BCUT2D eigenvalue weighted by Gasteiger charge is -1.98. The van der Waals surface area contributed by atoms with E-state index in [1.807, 2.05) is 12.1 Å². The molecule has 1 rings (SSSR count). The summed E-state index contributed by atoms with van der Waals surface area (Å²) in [4.78, 5) is 0. The predicted octanol–water partition coefficient (Wildman–Crippen LogP) is 2.58. The van der Waals surface area contributed by atoms with Crippen molar-refractivity contribution >= 4 is 28.6 Å². The Morgan fingerprint density at radius 1 is 1.50 bits per heavy atom. The van der Waals surface area contributed by atoms with Crippen molar-refractivity contribution in [3.63, 3.8) is 0 Å². The average Bonchev–Trinajstić information content (AvgIpc) is 1.95. The Bertz CT molecular complexity index is 237. The van der Waals surface area contributed by atoms with Gasteiger partial charge in [0.15, 0.2) is 0 Å². The van der Waals surface area contributed by atoms with Crippen LogP contribution in [0.3, 0.4) is 0 Å². The molecular weight excluding hydrogens is 212 g/mol. The molecule has 1 aromatic carbocycles. The number of halogens is 1. The van der Waals surface area contributed by atoms with Crippen LogP contribution in [0.2, 0.25) is 0 Å². The first-order valence-corrected chi connectivity index (χ1v) is 4.25. The third-order valence-corrected chi connectivity index (χ3v) is 2.19. The Kier molecular flexibility index (Phi) is 2.63. The molecule has 3 heteroatoms. The first-order chi connectivity index (χ1) is 4.74. The molecule has 0 saturated carbocycles. The summed E-state index contributed by atoms with van der Waals surface area (Å²) in [5.74, 6) is 0.962. The summed E-state index contributed by atoms with van der Waals surface area (Å²) in [6, 6.07) is 5.34. The van der Waals surface area contributed by atoms with Crippen LogP contribution >= 0.6 is 28.6 Å². The molecule has 0 atom stereocenters. The van der Waals surface area contributed by atoms with Crippen molar-refractivity contribution in [1.29, 1.82) is 0 Å². The maximum absolute atomic E-state index is 9.07. The fraction of sp³-hybridized carbons (Fsp3) is 0.143. The molecule has 0 aliphatic heterocycles. The standard InChI is InChI=1S/C7H7BrOS/c8-6-3-5(4-10)1-2-7(6)9/h1-3,9-10H,4H2.